The van der Waals surface area contributed by atoms with E-state index in [-0.39, 0.29) is 6.03 Å². The quantitative estimate of drug-likeness (QED) is 0.795. The van der Waals surface area contributed by atoms with E-state index in [1.807, 2.05) is 32.0 Å². The van der Waals surface area contributed by atoms with E-state index in [0.717, 1.165) is 29.8 Å². The summed E-state index contributed by atoms with van der Waals surface area (Å²) in [5, 5.41) is 5.69. The van der Waals surface area contributed by atoms with Crippen LogP contribution in [0.25, 0.3) is 0 Å². The Hall–Kier alpha value is -2.38. The third-order valence-corrected chi connectivity index (χ3v) is 4.79. The first kappa shape index (κ1) is 18.4. The van der Waals surface area contributed by atoms with Crippen molar-refractivity contribution in [1.29, 1.82) is 0 Å². The minimum Gasteiger partial charge on any atom is -0.466 e. The zero-order chi connectivity index (χ0) is 18.7. The van der Waals surface area contributed by atoms with Crippen LogP contribution in [-0.2, 0) is 14.3 Å². The molecule has 0 saturated carbocycles. The average molecular weight is 359 g/mol. The summed E-state index contributed by atoms with van der Waals surface area (Å²) in [5.41, 5.74) is 4.02. The van der Waals surface area contributed by atoms with E-state index in [1.54, 1.807) is 0 Å². The standard InChI is InChI=1S/C19H25N3O4/c1-12-4-5-13(2)14(10-12)17-16(18(23)25-3)15(20-19(24)21-17)11-22-6-8-26-9-7-22/h4-5,10,17H,6-9,11H2,1-3H3,(H2,20,21,24)/t17-/m0/s1. The Labute approximate surface area is 153 Å². The second kappa shape index (κ2) is 7.88. The van der Waals surface area contributed by atoms with E-state index in [0.29, 0.717) is 31.0 Å². The number of ether oxygens (including phenoxy) is 2. The fourth-order valence-electron chi connectivity index (χ4n) is 3.38. The molecule has 0 unspecified atom stereocenters. The van der Waals surface area contributed by atoms with Crippen molar-refractivity contribution in [3.8, 4) is 0 Å². The van der Waals surface area contributed by atoms with Crippen molar-refractivity contribution in [3.63, 3.8) is 0 Å². The van der Waals surface area contributed by atoms with Gasteiger partial charge < -0.3 is 20.1 Å². The predicted molar refractivity (Wildman–Crippen MR) is 96.6 cm³/mol. The number of methoxy groups -OCH3 is 1. The van der Waals surface area contributed by atoms with Crippen LogP contribution in [0.3, 0.4) is 0 Å². The minimum absolute atomic E-state index is 0.313. The average Bonchev–Trinajstić information content (AvgIpc) is 2.63. The molecule has 0 aromatic heterocycles. The number of hydrogen-bond donors (Lipinski definition) is 2. The van der Waals surface area contributed by atoms with Crippen LogP contribution in [0.4, 0.5) is 4.79 Å². The van der Waals surface area contributed by atoms with Gasteiger partial charge in [-0.25, -0.2) is 9.59 Å². The molecule has 0 aliphatic carbocycles. The van der Waals surface area contributed by atoms with Crippen molar-refractivity contribution in [2.75, 3.05) is 40.0 Å². The van der Waals surface area contributed by atoms with E-state index in [4.69, 9.17) is 9.47 Å². The number of carbonyl (C=O) groups excluding carboxylic acids is 2. The first-order valence-electron chi connectivity index (χ1n) is 8.75. The minimum atomic E-state index is -0.535. The zero-order valence-electron chi connectivity index (χ0n) is 15.4. The first-order valence-corrected chi connectivity index (χ1v) is 8.75. The summed E-state index contributed by atoms with van der Waals surface area (Å²) in [6.45, 7) is 7.25. The lowest BCUT2D eigenvalue weighted by atomic mass is 9.91. The summed E-state index contributed by atoms with van der Waals surface area (Å²) in [6.07, 6.45) is 0. The number of esters is 1. The van der Waals surface area contributed by atoms with E-state index in [2.05, 4.69) is 15.5 Å². The Bertz CT molecular complexity index is 738. The lowest BCUT2D eigenvalue weighted by Crippen LogP contribution is -2.49. The van der Waals surface area contributed by atoms with Gasteiger partial charge in [0.15, 0.2) is 0 Å². The van der Waals surface area contributed by atoms with Crippen LogP contribution in [0.15, 0.2) is 29.5 Å². The molecule has 1 atom stereocenters. The molecule has 1 fully saturated rings. The largest absolute Gasteiger partial charge is 0.466 e. The number of benzene rings is 1. The molecule has 0 spiro atoms. The maximum Gasteiger partial charge on any atom is 0.338 e. The van der Waals surface area contributed by atoms with Crippen molar-refractivity contribution in [3.05, 3.63) is 46.2 Å². The normalized spacial score (nSPS) is 21.2. The predicted octanol–water partition coefficient (Wildman–Crippen LogP) is 1.42. The lowest BCUT2D eigenvalue weighted by Gasteiger charge is -2.33. The van der Waals surface area contributed by atoms with Gasteiger partial charge in [-0.2, -0.15) is 0 Å². The van der Waals surface area contributed by atoms with Gasteiger partial charge >= 0.3 is 12.0 Å². The number of morpholine rings is 1. The SMILES string of the molecule is COC(=O)C1=C(CN2CCOCC2)NC(=O)N[C@H]1c1cc(C)ccc1C. The van der Waals surface area contributed by atoms with Gasteiger partial charge in [-0.15, -0.1) is 0 Å². The van der Waals surface area contributed by atoms with Gasteiger partial charge in [0.05, 0.1) is 31.9 Å². The fourth-order valence-corrected chi connectivity index (χ4v) is 3.38. The summed E-state index contributed by atoms with van der Waals surface area (Å²) in [7, 11) is 1.36. The highest BCUT2D eigenvalue weighted by molar-refractivity contribution is 5.95. The number of aryl methyl sites for hydroxylation is 2. The van der Waals surface area contributed by atoms with E-state index in [1.165, 1.54) is 7.11 Å². The van der Waals surface area contributed by atoms with Gasteiger partial charge in [-0.3, -0.25) is 4.90 Å². The van der Waals surface area contributed by atoms with Gasteiger partial charge in [0.1, 0.15) is 0 Å². The Morgan fingerprint density at radius 3 is 2.73 bits per heavy atom. The van der Waals surface area contributed by atoms with Crippen molar-refractivity contribution < 1.29 is 19.1 Å². The highest BCUT2D eigenvalue weighted by Crippen LogP contribution is 2.30. The second-order valence-electron chi connectivity index (χ2n) is 6.66. The van der Waals surface area contributed by atoms with Crippen LogP contribution < -0.4 is 10.6 Å². The molecule has 2 amide bonds. The molecule has 1 saturated heterocycles. The molecular formula is C19H25N3O4. The van der Waals surface area contributed by atoms with Gasteiger partial charge in [-0.1, -0.05) is 23.8 Å². The topological polar surface area (TPSA) is 79.9 Å². The van der Waals surface area contributed by atoms with Crippen molar-refractivity contribution in [1.82, 2.24) is 15.5 Å². The molecule has 2 heterocycles. The third kappa shape index (κ3) is 3.89. The molecule has 2 aliphatic heterocycles. The highest BCUT2D eigenvalue weighted by Gasteiger charge is 2.34. The van der Waals surface area contributed by atoms with Gasteiger partial charge in [-0.05, 0) is 25.0 Å². The number of nitrogens with zero attached hydrogens (tertiary/aromatic N) is 1. The molecule has 1 aromatic carbocycles. The summed E-state index contributed by atoms with van der Waals surface area (Å²) in [4.78, 5) is 27.1. The Morgan fingerprint density at radius 1 is 1.31 bits per heavy atom. The monoisotopic (exact) mass is 359 g/mol. The molecule has 0 bridgehead atoms. The first-order chi connectivity index (χ1) is 12.5. The van der Waals surface area contributed by atoms with Gasteiger partial charge in [0, 0.05) is 25.3 Å². The molecular weight excluding hydrogens is 334 g/mol. The van der Waals surface area contributed by atoms with E-state index >= 15 is 0 Å². The second-order valence-corrected chi connectivity index (χ2v) is 6.66. The number of rotatable bonds is 4. The maximum atomic E-state index is 12.6. The van der Waals surface area contributed by atoms with Crippen LogP contribution in [0.2, 0.25) is 0 Å². The molecule has 26 heavy (non-hydrogen) atoms. The molecule has 0 radical (unpaired) electrons. The maximum absolute atomic E-state index is 12.6. The molecule has 2 aliphatic rings. The van der Waals surface area contributed by atoms with Crippen LogP contribution in [0.5, 0.6) is 0 Å². The fraction of sp³-hybridized carbons (Fsp3) is 0.474. The molecule has 7 heteroatoms. The van der Waals surface area contributed by atoms with Crippen molar-refractivity contribution in [2.45, 2.75) is 19.9 Å². The third-order valence-electron chi connectivity index (χ3n) is 4.79. The molecule has 2 N–H and O–H groups in total. The van der Waals surface area contributed by atoms with Crippen LogP contribution in [-0.4, -0.2) is 56.9 Å². The number of nitrogens with one attached hydrogen (secondary N) is 2. The number of carbonyl (C=O) groups is 2. The van der Waals surface area contributed by atoms with Gasteiger partial charge in [0.25, 0.3) is 0 Å². The zero-order valence-corrected chi connectivity index (χ0v) is 15.4. The lowest BCUT2D eigenvalue weighted by molar-refractivity contribution is -0.136. The molecule has 3 rings (SSSR count). The van der Waals surface area contributed by atoms with Crippen molar-refractivity contribution >= 4 is 12.0 Å². The Morgan fingerprint density at radius 2 is 2.04 bits per heavy atom. The van der Waals surface area contributed by atoms with Gasteiger partial charge in [0.2, 0.25) is 0 Å². The summed E-state index contributed by atoms with van der Waals surface area (Å²) in [5.74, 6) is -0.438. The van der Waals surface area contributed by atoms with Crippen LogP contribution in [0, 0.1) is 13.8 Å². The molecule has 1 aromatic rings. The highest BCUT2D eigenvalue weighted by atomic mass is 16.5. The van der Waals surface area contributed by atoms with E-state index < -0.39 is 12.0 Å². The number of urea groups is 1. The summed E-state index contributed by atoms with van der Waals surface area (Å²) in [6, 6.07) is 5.16. The Kier molecular flexibility index (Phi) is 5.58. The van der Waals surface area contributed by atoms with Crippen LogP contribution >= 0.6 is 0 Å². The Balaban J connectivity index is 2.03. The smallest absolute Gasteiger partial charge is 0.338 e. The number of amides is 2. The van der Waals surface area contributed by atoms with E-state index in [9.17, 15) is 9.59 Å². The number of hydrogen-bond acceptors (Lipinski definition) is 5. The van der Waals surface area contributed by atoms with Crippen LogP contribution in [0.1, 0.15) is 22.7 Å². The molecule has 7 nitrogen and oxygen atoms in total. The summed E-state index contributed by atoms with van der Waals surface area (Å²) < 4.78 is 10.4. The summed E-state index contributed by atoms with van der Waals surface area (Å²) >= 11 is 0. The van der Waals surface area contributed by atoms with Crippen molar-refractivity contribution in [2.24, 2.45) is 0 Å². The molecule has 140 valence electrons.